The molecule has 0 aromatic heterocycles. The number of methoxy groups -OCH3 is 3. The average molecular weight is 254 g/mol. The highest BCUT2D eigenvalue weighted by atomic mass is 16.5. The van der Waals surface area contributed by atoms with Gasteiger partial charge in [-0.1, -0.05) is 0 Å². The predicted octanol–water partition coefficient (Wildman–Crippen LogP) is 1.27. The number of nitrogens with two attached hydrogens (primary N) is 1. The lowest BCUT2D eigenvalue weighted by Gasteiger charge is -2.26. The number of rotatable bonds is 6. The van der Waals surface area contributed by atoms with E-state index in [0.29, 0.717) is 23.8 Å². The first kappa shape index (κ1) is 14.6. The van der Waals surface area contributed by atoms with Crippen LogP contribution in [0.25, 0.3) is 0 Å². The van der Waals surface area contributed by atoms with Gasteiger partial charge in [0, 0.05) is 12.1 Å². The second-order valence-electron chi connectivity index (χ2n) is 4.14. The van der Waals surface area contributed by atoms with Crippen molar-refractivity contribution in [3.8, 4) is 17.2 Å². The Morgan fingerprint density at radius 1 is 1.06 bits per heavy atom. The third-order valence-electron chi connectivity index (χ3n) is 2.94. The number of hydrogen-bond donors (Lipinski definition) is 1. The monoisotopic (exact) mass is 254 g/mol. The largest absolute Gasteiger partial charge is 0.493 e. The zero-order chi connectivity index (χ0) is 13.7. The molecule has 18 heavy (non-hydrogen) atoms. The highest BCUT2D eigenvalue weighted by molar-refractivity contribution is 5.56. The summed E-state index contributed by atoms with van der Waals surface area (Å²) in [6, 6.07) is 3.89. The van der Waals surface area contributed by atoms with Gasteiger partial charge in [-0.15, -0.1) is 0 Å². The molecule has 5 nitrogen and oxygen atoms in total. The lowest BCUT2D eigenvalue weighted by atomic mass is 10.0. The van der Waals surface area contributed by atoms with E-state index in [1.165, 1.54) is 0 Å². The van der Waals surface area contributed by atoms with Crippen molar-refractivity contribution in [3.63, 3.8) is 0 Å². The van der Waals surface area contributed by atoms with E-state index in [1.807, 2.05) is 31.1 Å². The van der Waals surface area contributed by atoms with E-state index in [4.69, 9.17) is 19.9 Å². The summed E-state index contributed by atoms with van der Waals surface area (Å²) < 4.78 is 16.1. The fourth-order valence-corrected chi connectivity index (χ4v) is 2.00. The number of benzene rings is 1. The van der Waals surface area contributed by atoms with Crippen LogP contribution in [0.3, 0.4) is 0 Å². The third-order valence-corrected chi connectivity index (χ3v) is 2.94. The van der Waals surface area contributed by atoms with Crippen LogP contribution < -0.4 is 19.9 Å². The molecule has 0 bridgehead atoms. The van der Waals surface area contributed by atoms with Gasteiger partial charge in [-0.2, -0.15) is 0 Å². The summed E-state index contributed by atoms with van der Waals surface area (Å²) in [5.41, 5.74) is 6.81. The molecule has 0 aliphatic rings. The van der Waals surface area contributed by atoms with Gasteiger partial charge in [0.2, 0.25) is 5.75 Å². The standard InChI is InChI=1S/C13H22N2O3/c1-15(2)10(8-14)9-6-7-11(16-3)13(18-5)12(9)17-4/h6-7,10H,8,14H2,1-5H3. The molecular formula is C13H22N2O3. The highest BCUT2D eigenvalue weighted by Gasteiger charge is 2.22. The van der Waals surface area contributed by atoms with Gasteiger partial charge < -0.3 is 24.8 Å². The van der Waals surface area contributed by atoms with E-state index in [9.17, 15) is 0 Å². The molecular weight excluding hydrogens is 232 g/mol. The Morgan fingerprint density at radius 2 is 1.67 bits per heavy atom. The van der Waals surface area contributed by atoms with Crippen LogP contribution in [0.4, 0.5) is 0 Å². The maximum Gasteiger partial charge on any atom is 0.203 e. The number of ether oxygens (including phenoxy) is 3. The molecule has 1 rings (SSSR count). The van der Waals surface area contributed by atoms with Gasteiger partial charge in [0.15, 0.2) is 11.5 Å². The number of hydrogen-bond acceptors (Lipinski definition) is 5. The fourth-order valence-electron chi connectivity index (χ4n) is 2.00. The van der Waals surface area contributed by atoms with E-state index in [1.54, 1.807) is 21.3 Å². The van der Waals surface area contributed by atoms with Gasteiger partial charge in [-0.05, 0) is 26.2 Å². The van der Waals surface area contributed by atoms with Crippen molar-refractivity contribution < 1.29 is 14.2 Å². The molecule has 0 fully saturated rings. The van der Waals surface area contributed by atoms with Gasteiger partial charge >= 0.3 is 0 Å². The van der Waals surface area contributed by atoms with Crippen LogP contribution in [-0.2, 0) is 0 Å². The Balaban J connectivity index is 3.36. The summed E-state index contributed by atoms with van der Waals surface area (Å²) in [5.74, 6) is 1.91. The van der Waals surface area contributed by atoms with Crippen molar-refractivity contribution in [2.24, 2.45) is 5.73 Å². The van der Waals surface area contributed by atoms with E-state index in [0.717, 1.165) is 5.56 Å². The lowest BCUT2D eigenvalue weighted by Crippen LogP contribution is -2.27. The van der Waals surface area contributed by atoms with Gasteiger partial charge in [0.05, 0.1) is 27.4 Å². The van der Waals surface area contributed by atoms with Crippen LogP contribution >= 0.6 is 0 Å². The Labute approximate surface area is 108 Å². The van der Waals surface area contributed by atoms with Crippen molar-refractivity contribution in [2.75, 3.05) is 42.0 Å². The van der Waals surface area contributed by atoms with Crippen molar-refractivity contribution >= 4 is 0 Å². The van der Waals surface area contributed by atoms with Crippen molar-refractivity contribution in [1.29, 1.82) is 0 Å². The molecule has 2 N–H and O–H groups in total. The summed E-state index contributed by atoms with van der Waals surface area (Å²) in [6.45, 7) is 0.499. The van der Waals surface area contributed by atoms with Crippen LogP contribution in [0.1, 0.15) is 11.6 Å². The van der Waals surface area contributed by atoms with Crippen molar-refractivity contribution in [1.82, 2.24) is 4.90 Å². The Kier molecular flexibility index (Phi) is 5.25. The topological polar surface area (TPSA) is 57.0 Å². The summed E-state index contributed by atoms with van der Waals surface area (Å²) in [7, 11) is 8.77. The van der Waals surface area contributed by atoms with E-state index < -0.39 is 0 Å². The molecule has 1 aromatic rings. The minimum atomic E-state index is 0.0692. The molecule has 0 aliphatic heterocycles. The summed E-state index contributed by atoms with van der Waals surface area (Å²) in [6.07, 6.45) is 0. The average Bonchev–Trinajstić information content (AvgIpc) is 2.38. The van der Waals surface area contributed by atoms with Gasteiger partial charge in [0.25, 0.3) is 0 Å². The second-order valence-corrected chi connectivity index (χ2v) is 4.14. The molecule has 0 saturated heterocycles. The molecule has 1 aromatic carbocycles. The SMILES string of the molecule is COc1ccc(C(CN)N(C)C)c(OC)c1OC. The maximum absolute atomic E-state index is 5.82. The molecule has 102 valence electrons. The fraction of sp³-hybridized carbons (Fsp3) is 0.538. The van der Waals surface area contributed by atoms with Crippen LogP contribution in [0, 0.1) is 0 Å². The smallest absolute Gasteiger partial charge is 0.203 e. The molecule has 0 saturated carbocycles. The first-order valence-electron chi connectivity index (χ1n) is 5.76. The second kappa shape index (κ2) is 6.47. The number of nitrogens with zero attached hydrogens (tertiary/aromatic N) is 1. The zero-order valence-corrected chi connectivity index (χ0v) is 11.7. The van der Waals surface area contributed by atoms with Crippen molar-refractivity contribution in [3.05, 3.63) is 17.7 Å². The highest BCUT2D eigenvalue weighted by Crippen LogP contribution is 2.42. The molecule has 0 amide bonds. The minimum Gasteiger partial charge on any atom is -0.493 e. The predicted molar refractivity (Wildman–Crippen MR) is 71.6 cm³/mol. The Hall–Kier alpha value is -1.46. The third kappa shape index (κ3) is 2.68. The lowest BCUT2D eigenvalue weighted by molar-refractivity contribution is 0.283. The van der Waals surface area contributed by atoms with Gasteiger partial charge in [-0.3, -0.25) is 0 Å². The van der Waals surface area contributed by atoms with E-state index >= 15 is 0 Å². The van der Waals surface area contributed by atoms with E-state index in [-0.39, 0.29) is 6.04 Å². The Bertz CT molecular complexity index is 394. The molecule has 0 radical (unpaired) electrons. The molecule has 0 aliphatic carbocycles. The van der Waals surface area contributed by atoms with E-state index in [2.05, 4.69) is 0 Å². The van der Waals surface area contributed by atoms with Crippen LogP contribution in [0.5, 0.6) is 17.2 Å². The summed E-state index contributed by atoms with van der Waals surface area (Å²) in [5, 5.41) is 0. The van der Waals surface area contributed by atoms with Crippen LogP contribution in [-0.4, -0.2) is 46.9 Å². The summed E-state index contributed by atoms with van der Waals surface area (Å²) >= 11 is 0. The zero-order valence-electron chi connectivity index (χ0n) is 11.7. The normalized spacial score (nSPS) is 12.4. The van der Waals surface area contributed by atoms with Crippen LogP contribution in [0.2, 0.25) is 0 Å². The quantitative estimate of drug-likeness (QED) is 0.828. The van der Waals surface area contributed by atoms with Gasteiger partial charge in [0.1, 0.15) is 0 Å². The number of likely N-dealkylation sites (N-methyl/N-ethyl adjacent to an activating group) is 1. The van der Waals surface area contributed by atoms with Crippen LogP contribution in [0.15, 0.2) is 12.1 Å². The molecule has 0 spiro atoms. The molecule has 0 heterocycles. The van der Waals surface area contributed by atoms with Crippen molar-refractivity contribution in [2.45, 2.75) is 6.04 Å². The first-order chi connectivity index (χ1) is 8.60. The molecule has 1 unspecified atom stereocenters. The molecule has 5 heteroatoms. The summed E-state index contributed by atoms with van der Waals surface area (Å²) in [4.78, 5) is 2.05. The van der Waals surface area contributed by atoms with Gasteiger partial charge in [-0.25, -0.2) is 0 Å². The first-order valence-corrected chi connectivity index (χ1v) is 5.76. The maximum atomic E-state index is 5.82. The molecule has 1 atom stereocenters. The Morgan fingerprint density at radius 3 is 2.06 bits per heavy atom. The minimum absolute atomic E-state index is 0.0692.